The first-order valence-corrected chi connectivity index (χ1v) is 47.3. The highest BCUT2D eigenvalue weighted by atomic mass is 35.5. The largest absolute Gasteiger partial charge is 0.505 e. The normalized spacial score (nSPS) is 14.1. The van der Waals surface area contributed by atoms with Crippen LogP contribution in [0.5, 0.6) is 46.0 Å². The van der Waals surface area contributed by atoms with E-state index in [0.29, 0.717) is 116 Å². The minimum absolute atomic E-state index is 0.00518. The highest BCUT2D eigenvalue weighted by Gasteiger charge is 2.39. The van der Waals surface area contributed by atoms with Crippen molar-refractivity contribution in [2.75, 3.05) is 21.0 Å². The summed E-state index contributed by atoms with van der Waals surface area (Å²) in [6, 6.07) is 75.6. The summed E-state index contributed by atoms with van der Waals surface area (Å²) in [6.07, 6.45) is 1.59. The molecule has 4 N–H and O–H groups in total. The van der Waals surface area contributed by atoms with Gasteiger partial charge in [-0.3, -0.25) is 32.9 Å². The molecule has 12 aromatic carbocycles. The zero-order valence-electron chi connectivity index (χ0n) is 72.3. The van der Waals surface area contributed by atoms with Crippen molar-refractivity contribution in [3.8, 4) is 46.0 Å². The lowest BCUT2D eigenvalue weighted by molar-refractivity contribution is 0.174. The monoisotopic (exact) mass is 1990 g/mol. The second-order valence-electron chi connectivity index (χ2n) is 32.6. The standard InChI is InChI=1S/C27H16ClNO6S.C27H18FNO5S.C26H17Cl2NO5S.C26H16FNO4S/c28-15-7-4-8-16(11-15)36-25-22(30)20-24(35-27(25)32)19-21-14(10-18-23(19)34-12-33-18)9-17(29(21)26(20)31)13-5-2-1-3-6-13;1-33-17-5-3-6-18(13-17)35-25-23(30)21-24(34-27(25)32)19-7-2-4-15-12-20(29(22(15)19)26(21)31)14-8-10-16(28)11-9-14;1-33-17-8-5-14(6-9-17)13-29-20-12-16(28)7-10-19(20)23-21(25(29)31)22(30)24(26(32)34-23)35-18-4-2-3-15(27)11-18;27-16-11-9-14(10-12-16)19-13-15-5-4-8-18-21(15)28(19)25(30)20-22(29)24(26(31)32-23(18)20)33-17-6-2-1-3-7-17/h1-8,10-11,17,30H,9,12H2;2-11,13,20,30H,12H2,1H3;2-12,30H,13H2,1H3;1-12,19,29H,13H2. The number of methoxy groups -OCH3 is 2. The fourth-order valence-corrected chi connectivity index (χ4v) is 22.5. The number of aromatic nitrogens is 4. The first-order valence-electron chi connectivity index (χ1n) is 42.9. The molecule has 24 rings (SSSR count). The summed E-state index contributed by atoms with van der Waals surface area (Å²) < 4.78 is 78.0. The van der Waals surface area contributed by atoms with E-state index >= 15 is 0 Å². The van der Waals surface area contributed by atoms with Crippen molar-refractivity contribution in [2.45, 2.75) is 83.1 Å². The van der Waals surface area contributed by atoms with E-state index in [1.165, 1.54) is 35.9 Å². The number of hydrogen-bond donors (Lipinski definition) is 4. The Kier molecular flexibility index (Phi) is 23.9. The molecule has 0 saturated heterocycles. The Hall–Kier alpha value is -15.2. The van der Waals surface area contributed by atoms with E-state index in [9.17, 15) is 67.6 Å². The van der Waals surface area contributed by atoms with Gasteiger partial charge in [0, 0.05) is 50.8 Å². The van der Waals surface area contributed by atoms with Crippen LogP contribution < -0.4 is 63.7 Å². The number of benzene rings is 12. The van der Waals surface area contributed by atoms with Gasteiger partial charge < -0.3 is 61.6 Å². The van der Waals surface area contributed by atoms with Crippen LogP contribution in [0.3, 0.4) is 0 Å². The van der Waals surface area contributed by atoms with Gasteiger partial charge in [0.15, 0.2) is 56.8 Å². The van der Waals surface area contributed by atoms with Crippen LogP contribution in [-0.4, -0.2) is 59.7 Å². The molecule has 20 aromatic rings. The summed E-state index contributed by atoms with van der Waals surface area (Å²) in [5, 5.41) is 48.0. The molecule has 4 aliphatic rings. The van der Waals surface area contributed by atoms with Gasteiger partial charge in [-0.1, -0.05) is 209 Å². The summed E-state index contributed by atoms with van der Waals surface area (Å²) >= 11 is 22.4. The predicted molar refractivity (Wildman–Crippen MR) is 530 cm³/mol. The highest BCUT2D eigenvalue weighted by Crippen LogP contribution is 2.52. The number of rotatable bonds is 15. The summed E-state index contributed by atoms with van der Waals surface area (Å²) in [4.78, 5) is 109. The van der Waals surface area contributed by atoms with Gasteiger partial charge in [-0.25, -0.2) is 28.0 Å². The van der Waals surface area contributed by atoms with E-state index in [2.05, 4.69) is 0 Å². The average Bonchev–Trinajstić information content (AvgIpc) is 1.56. The molecular weight excluding hydrogens is 1920 g/mol. The van der Waals surface area contributed by atoms with Gasteiger partial charge in [0.25, 0.3) is 22.2 Å². The maximum absolute atomic E-state index is 14.0. The van der Waals surface area contributed by atoms with Gasteiger partial charge in [-0.15, -0.1) is 0 Å². The average molecular weight is 1990 g/mol. The molecule has 0 bridgehead atoms. The molecule has 139 heavy (non-hydrogen) atoms. The topological polar surface area (TPSA) is 327 Å². The lowest BCUT2D eigenvalue weighted by Gasteiger charge is -2.17. The Balaban J connectivity index is 0.000000110. The smallest absolute Gasteiger partial charge is 0.354 e. The third-order valence-electron chi connectivity index (χ3n) is 24.5. The number of hydrogen-bond acceptors (Lipinski definition) is 24. The van der Waals surface area contributed by atoms with Crippen LogP contribution in [0.1, 0.15) is 57.1 Å². The molecule has 3 atom stereocenters. The molecule has 0 saturated carbocycles. The molecule has 12 heterocycles. The Morgan fingerprint density at radius 1 is 0.360 bits per heavy atom. The van der Waals surface area contributed by atoms with Crippen LogP contribution in [0.2, 0.25) is 15.1 Å². The van der Waals surface area contributed by atoms with Crippen LogP contribution in [0.25, 0.3) is 87.5 Å². The fraction of sp³-hybridized carbons (Fsp3) is 0.0943. The number of nitrogens with zero attached hydrogens (tertiary/aromatic N) is 4. The molecule has 24 nitrogen and oxygen atoms in total. The van der Waals surface area contributed by atoms with Crippen molar-refractivity contribution in [1.29, 1.82) is 0 Å². The van der Waals surface area contributed by atoms with Crippen molar-refractivity contribution >= 4 is 169 Å². The Bertz CT molecular complexity index is 9080. The predicted octanol–water partition coefficient (Wildman–Crippen LogP) is 22.3. The molecule has 0 radical (unpaired) electrons. The lowest BCUT2D eigenvalue weighted by Crippen LogP contribution is -2.24. The van der Waals surface area contributed by atoms with E-state index in [0.717, 1.165) is 90.9 Å². The summed E-state index contributed by atoms with van der Waals surface area (Å²) in [5.41, 5.74) is 3.73. The number of pyridine rings is 4. The number of aromatic hydroxyl groups is 4. The SMILES string of the molecule is COc1ccc(Cn2c(=O)c3c(O)c(Sc4cccc(Cl)c4)c(=O)oc3c3ccc(Cl)cc32)cc1.COc1cccc(Sc2c(O)c3c(=O)n4c5c(cccc5c3oc2=O)CC4c2ccc(F)cc2)c1.O=c1oc2c(c(O)c1Sc1cccc(Cl)c1)c(=O)n1c3c(cc4c(c23)OCO4)CC1c1ccccc1.O=c1oc2c(c(O)c1Sc1ccccc1)c(=O)n1c3c(cccc23)CC1c1ccc(F)cc1. The summed E-state index contributed by atoms with van der Waals surface area (Å²) in [7, 11) is 3.11. The van der Waals surface area contributed by atoms with Crippen molar-refractivity contribution in [1.82, 2.24) is 18.3 Å². The van der Waals surface area contributed by atoms with Crippen molar-refractivity contribution < 1.29 is 65.8 Å². The summed E-state index contributed by atoms with van der Waals surface area (Å²) in [6.45, 7) is 0.209. The molecule has 0 fully saturated rings. The number of para-hydroxylation sites is 2. The third kappa shape index (κ3) is 16.3. The number of halogens is 5. The number of fused-ring (bicyclic) bond motifs is 11. The van der Waals surface area contributed by atoms with E-state index < -0.39 is 62.0 Å². The van der Waals surface area contributed by atoms with Gasteiger partial charge >= 0.3 is 22.5 Å². The molecule has 8 aromatic heterocycles. The molecule has 4 aliphatic heterocycles. The third-order valence-corrected chi connectivity index (χ3v) is 29.4. The molecule has 0 spiro atoms. The molecule has 33 heteroatoms. The van der Waals surface area contributed by atoms with E-state index in [-0.39, 0.29) is 112 Å². The second-order valence-corrected chi connectivity index (χ2v) is 38.3. The lowest BCUT2D eigenvalue weighted by atomic mass is 10.0. The first-order chi connectivity index (χ1) is 67.3. The number of ether oxygens (including phenoxy) is 4. The fourth-order valence-electron chi connectivity index (χ4n) is 18.3. The van der Waals surface area contributed by atoms with E-state index in [1.54, 1.807) is 172 Å². The minimum atomic E-state index is -0.764. The maximum atomic E-state index is 14.0. The Morgan fingerprint density at radius 2 is 0.763 bits per heavy atom. The van der Waals surface area contributed by atoms with Crippen LogP contribution in [-0.2, 0) is 25.8 Å². The molecule has 0 aliphatic carbocycles. The Labute approximate surface area is 813 Å². The van der Waals surface area contributed by atoms with Gasteiger partial charge in [0.1, 0.15) is 64.3 Å². The van der Waals surface area contributed by atoms with Gasteiger partial charge in [0.05, 0.1) is 66.3 Å². The van der Waals surface area contributed by atoms with Crippen molar-refractivity contribution in [3.63, 3.8) is 0 Å². The van der Waals surface area contributed by atoms with Crippen molar-refractivity contribution in [2.24, 2.45) is 0 Å². The highest BCUT2D eigenvalue weighted by molar-refractivity contribution is 8.00. The van der Waals surface area contributed by atoms with E-state index in [4.69, 9.17) is 71.4 Å². The van der Waals surface area contributed by atoms with Gasteiger partial charge in [-0.05, 0) is 198 Å². The molecular formula is C106H67Cl3F2N4O20S4. The van der Waals surface area contributed by atoms with Crippen molar-refractivity contribution in [3.05, 3.63) is 416 Å². The Morgan fingerprint density at radius 3 is 1.25 bits per heavy atom. The molecule has 690 valence electrons. The minimum Gasteiger partial charge on any atom is -0.505 e. The van der Waals surface area contributed by atoms with Crippen LogP contribution in [0, 0.1) is 11.6 Å². The first kappa shape index (κ1) is 90.3. The second kappa shape index (κ2) is 36.7. The van der Waals surface area contributed by atoms with Gasteiger partial charge in [0.2, 0.25) is 6.79 Å². The van der Waals surface area contributed by atoms with Crippen LogP contribution >= 0.6 is 81.9 Å². The zero-order valence-corrected chi connectivity index (χ0v) is 77.8. The van der Waals surface area contributed by atoms with Crippen LogP contribution in [0.15, 0.2) is 362 Å². The molecule has 0 amide bonds. The van der Waals surface area contributed by atoms with E-state index in [1.807, 2.05) is 91.0 Å². The zero-order chi connectivity index (χ0) is 96.2. The quantitative estimate of drug-likeness (QED) is 0.0693. The molecule has 3 unspecified atom stereocenters. The maximum Gasteiger partial charge on any atom is 0.354 e. The van der Waals surface area contributed by atoms with Crippen LogP contribution in [0.4, 0.5) is 8.78 Å². The van der Waals surface area contributed by atoms with Gasteiger partial charge in [-0.2, -0.15) is 0 Å². The summed E-state index contributed by atoms with van der Waals surface area (Å²) in [5.74, 6) is -0.216.